The van der Waals surface area contributed by atoms with Crippen molar-refractivity contribution in [2.24, 2.45) is 0 Å². The van der Waals surface area contributed by atoms with E-state index in [2.05, 4.69) is 4.72 Å². The molecule has 2 aromatic rings. The summed E-state index contributed by atoms with van der Waals surface area (Å²) < 4.78 is 28.7. The molecular weight excluding hydrogens is 394 g/mol. The van der Waals surface area contributed by atoms with Crippen molar-refractivity contribution in [2.45, 2.75) is 38.5 Å². The van der Waals surface area contributed by atoms with E-state index in [1.54, 1.807) is 37.8 Å². The van der Waals surface area contributed by atoms with E-state index in [4.69, 9.17) is 0 Å². The Labute approximate surface area is 169 Å². The van der Waals surface area contributed by atoms with E-state index in [9.17, 15) is 23.3 Å². The molecular formula is C20H23N3O5S. The van der Waals surface area contributed by atoms with Crippen LogP contribution >= 0.6 is 0 Å². The fourth-order valence-corrected chi connectivity index (χ4v) is 4.92. The number of rotatable bonds is 5. The molecule has 2 aromatic carbocycles. The van der Waals surface area contributed by atoms with Gasteiger partial charge in [0.1, 0.15) is 0 Å². The van der Waals surface area contributed by atoms with Crippen molar-refractivity contribution in [3.63, 3.8) is 0 Å². The Hall–Kier alpha value is -2.94. The number of aryl methyl sites for hydroxylation is 2. The molecule has 8 nitrogen and oxygen atoms in total. The maximum absolute atomic E-state index is 13.1. The first kappa shape index (κ1) is 20.8. The van der Waals surface area contributed by atoms with Crippen LogP contribution in [0.2, 0.25) is 0 Å². The van der Waals surface area contributed by atoms with Crippen molar-refractivity contribution in [3.8, 4) is 0 Å². The van der Waals surface area contributed by atoms with Crippen LogP contribution in [0, 0.1) is 30.9 Å². The number of sulfonamides is 1. The predicted octanol–water partition coefficient (Wildman–Crippen LogP) is 3.56. The van der Waals surface area contributed by atoms with Gasteiger partial charge in [-0.15, -0.1) is 0 Å². The summed E-state index contributed by atoms with van der Waals surface area (Å²) in [5, 5.41) is 11.2. The van der Waals surface area contributed by atoms with E-state index in [0.717, 1.165) is 18.9 Å². The molecule has 154 valence electrons. The van der Waals surface area contributed by atoms with Gasteiger partial charge in [0.15, 0.2) is 0 Å². The van der Waals surface area contributed by atoms with Crippen LogP contribution in [-0.2, 0) is 10.0 Å². The quantitative estimate of drug-likeness (QED) is 0.591. The van der Waals surface area contributed by atoms with Gasteiger partial charge in [-0.3, -0.25) is 19.6 Å². The zero-order valence-electron chi connectivity index (χ0n) is 16.6. The molecule has 0 spiro atoms. The van der Waals surface area contributed by atoms with Gasteiger partial charge in [-0.1, -0.05) is 12.1 Å². The summed E-state index contributed by atoms with van der Waals surface area (Å²) in [4.78, 5) is 25.1. The lowest BCUT2D eigenvalue weighted by atomic mass is 10.1. The van der Waals surface area contributed by atoms with Crippen LogP contribution in [0.1, 0.15) is 39.9 Å². The molecule has 9 heteroatoms. The highest BCUT2D eigenvalue weighted by Gasteiger charge is 2.27. The summed E-state index contributed by atoms with van der Waals surface area (Å²) in [7, 11) is -4.14. The van der Waals surface area contributed by atoms with Crippen LogP contribution in [0.4, 0.5) is 11.4 Å². The molecule has 0 atom stereocenters. The van der Waals surface area contributed by atoms with Crippen molar-refractivity contribution < 1.29 is 18.1 Å². The first-order chi connectivity index (χ1) is 13.6. The maximum atomic E-state index is 13.1. The van der Waals surface area contributed by atoms with E-state index in [1.807, 2.05) is 0 Å². The zero-order valence-corrected chi connectivity index (χ0v) is 17.4. The molecule has 1 heterocycles. The van der Waals surface area contributed by atoms with Gasteiger partial charge < -0.3 is 4.90 Å². The number of carbonyl (C=O) groups excluding carboxylic acids is 1. The molecule has 0 aliphatic carbocycles. The lowest BCUT2D eigenvalue weighted by Gasteiger charge is -2.20. The van der Waals surface area contributed by atoms with Gasteiger partial charge in [-0.2, -0.15) is 0 Å². The molecule has 1 fully saturated rings. The number of nitro benzene ring substituents is 1. The number of likely N-dealkylation sites (tertiary alicyclic amines) is 1. The normalized spacial score (nSPS) is 14.1. The fourth-order valence-electron chi connectivity index (χ4n) is 3.51. The van der Waals surface area contributed by atoms with Crippen molar-refractivity contribution in [3.05, 3.63) is 62.7 Å². The number of amides is 1. The Morgan fingerprint density at radius 1 is 1.10 bits per heavy atom. The molecule has 0 radical (unpaired) electrons. The van der Waals surface area contributed by atoms with E-state index in [1.165, 1.54) is 12.1 Å². The third-order valence-electron chi connectivity index (χ3n) is 5.23. The van der Waals surface area contributed by atoms with E-state index < -0.39 is 14.9 Å². The smallest absolute Gasteiger partial charge is 0.271 e. The van der Waals surface area contributed by atoms with Crippen LogP contribution in [-0.4, -0.2) is 37.2 Å². The molecule has 0 bridgehead atoms. The molecule has 1 amide bonds. The monoisotopic (exact) mass is 417 g/mol. The summed E-state index contributed by atoms with van der Waals surface area (Å²) in [6, 6.07) is 7.34. The van der Waals surface area contributed by atoms with Crippen molar-refractivity contribution in [2.75, 3.05) is 17.8 Å². The van der Waals surface area contributed by atoms with Crippen molar-refractivity contribution in [1.82, 2.24) is 4.90 Å². The largest absolute Gasteiger partial charge is 0.339 e. The van der Waals surface area contributed by atoms with E-state index >= 15 is 0 Å². The van der Waals surface area contributed by atoms with Gasteiger partial charge in [0.05, 0.1) is 21.1 Å². The maximum Gasteiger partial charge on any atom is 0.271 e. The Balaban J connectivity index is 2.05. The molecule has 0 aromatic heterocycles. The lowest BCUT2D eigenvalue weighted by molar-refractivity contribution is -0.385. The molecule has 0 unspecified atom stereocenters. The number of anilines is 1. The van der Waals surface area contributed by atoms with Gasteiger partial charge in [0.25, 0.3) is 21.6 Å². The van der Waals surface area contributed by atoms with Crippen LogP contribution < -0.4 is 4.72 Å². The zero-order chi connectivity index (χ0) is 21.3. The topological polar surface area (TPSA) is 110 Å². The number of benzene rings is 2. The number of hydrogen-bond acceptors (Lipinski definition) is 5. The van der Waals surface area contributed by atoms with E-state index in [-0.39, 0.29) is 22.2 Å². The average Bonchev–Trinajstić information content (AvgIpc) is 3.17. The summed E-state index contributed by atoms with van der Waals surface area (Å²) in [5.74, 6) is -0.217. The molecule has 1 saturated heterocycles. The lowest BCUT2D eigenvalue weighted by Crippen LogP contribution is -2.29. The second-order valence-corrected chi connectivity index (χ2v) is 8.90. The summed E-state index contributed by atoms with van der Waals surface area (Å²) in [6.07, 6.45) is 1.84. The molecule has 1 N–H and O–H groups in total. The minimum absolute atomic E-state index is 0.172. The minimum atomic E-state index is -4.14. The third kappa shape index (κ3) is 4.09. The molecule has 29 heavy (non-hydrogen) atoms. The Kier molecular flexibility index (Phi) is 5.61. The number of hydrogen-bond donors (Lipinski definition) is 1. The van der Waals surface area contributed by atoms with Gasteiger partial charge in [0.2, 0.25) is 0 Å². The number of carbonyl (C=O) groups is 1. The summed E-state index contributed by atoms with van der Waals surface area (Å²) in [5.41, 5.74) is 1.75. The fraction of sp³-hybridized carbons (Fsp3) is 0.350. The Morgan fingerprint density at radius 2 is 1.76 bits per heavy atom. The predicted molar refractivity (Wildman–Crippen MR) is 110 cm³/mol. The molecule has 0 saturated carbocycles. The second-order valence-electron chi connectivity index (χ2n) is 7.25. The Bertz CT molecular complexity index is 1090. The molecule has 1 aliphatic rings. The summed E-state index contributed by atoms with van der Waals surface area (Å²) in [6.45, 7) is 6.26. The molecule has 3 rings (SSSR count). The van der Waals surface area contributed by atoms with Gasteiger partial charge >= 0.3 is 0 Å². The number of non-ortho nitro benzene ring substituents is 1. The van der Waals surface area contributed by atoms with Gasteiger partial charge in [0, 0.05) is 25.2 Å². The van der Waals surface area contributed by atoms with Crippen LogP contribution in [0.5, 0.6) is 0 Å². The van der Waals surface area contributed by atoms with Crippen molar-refractivity contribution in [1.29, 1.82) is 0 Å². The number of nitrogens with one attached hydrogen (secondary N) is 1. The van der Waals surface area contributed by atoms with Crippen molar-refractivity contribution >= 4 is 27.3 Å². The molecule has 1 aliphatic heterocycles. The highest BCUT2D eigenvalue weighted by atomic mass is 32.2. The van der Waals surface area contributed by atoms with E-state index in [0.29, 0.717) is 35.3 Å². The number of nitro groups is 1. The van der Waals surface area contributed by atoms with Gasteiger partial charge in [-0.25, -0.2) is 8.42 Å². The highest BCUT2D eigenvalue weighted by Crippen LogP contribution is 2.30. The van der Waals surface area contributed by atoms with Crippen LogP contribution in [0.15, 0.2) is 35.2 Å². The first-order valence-electron chi connectivity index (χ1n) is 9.29. The Morgan fingerprint density at radius 3 is 2.38 bits per heavy atom. The summed E-state index contributed by atoms with van der Waals surface area (Å²) >= 11 is 0. The third-order valence-corrected chi connectivity index (χ3v) is 6.72. The average molecular weight is 417 g/mol. The SMILES string of the molecule is Cc1cc([N+](=O)[O-])cc(S(=O)(=O)Nc2cccc(C)c2C(=O)N2CCCC2)c1C. The van der Waals surface area contributed by atoms with Gasteiger partial charge in [-0.05, 0) is 56.4 Å². The second kappa shape index (κ2) is 7.82. The number of nitrogens with zero attached hydrogens (tertiary/aromatic N) is 2. The standard InChI is InChI=1S/C20H23N3O5S/c1-13-7-6-8-17(19(13)20(24)22-9-4-5-10-22)21-29(27,28)18-12-16(23(25)26)11-14(2)15(18)3/h6-8,11-12,21H,4-5,9-10H2,1-3H3. The van der Waals surface area contributed by atoms with Crippen LogP contribution in [0.25, 0.3) is 0 Å². The van der Waals surface area contributed by atoms with Crippen LogP contribution in [0.3, 0.4) is 0 Å². The highest BCUT2D eigenvalue weighted by molar-refractivity contribution is 7.92. The minimum Gasteiger partial charge on any atom is -0.339 e. The first-order valence-corrected chi connectivity index (χ1v) is 10.8.